The maximum atomic E-state index is 5.38. The van der Waals surface area contributed by atoms with E-state index in [1.54, 1.807) is 17.5 Å². The van der Waals surface area contributed by atoms with E-state index in [9.17, 15) is 0 Å². The monoisotopic (exact) mass is 354 g/mol. The van der Waals surface area contributed by atoms with E-state index in [1.165, 1.54) is 0 Å². The van der Waals surface area contributed by atoms with E-state index in [2.05, 4.69) is 37.8 Å². The molecular formula is C12H11BrN4S2. The van der Waals surface area contributed by atoms with Gasteiger partial charge in [-0.05, 0) is 34.2 Å². The fourth-order valence-electron chi connectivity index (χ4n) is 2.02. The zero-order valence-electron chi connectivity index (χ0n) is 10.1. The third kappa shape index (κ3) is 2.50. The summed E-state index contributed by atoms with van der Waals surface area (Å²) < 4.78 is 3.67. The number of hydrogen-bond acceptors (Lipinski definition) is 4. The molecule has 3 heterocycles. The standard InChI is InChI=1S/C12H11BrN4S2/c1-7(11-14-2-3-19-11)6-17-10-9(16-12(17)18)4-8(13)5-15-10/h2-5,7H,6H2,1H3,(H,16,18). The summed E-state index contributed by atoms with van der Waals surface area (Å²) in [5, 5.41) is 3.11. The van der Waals surface area contributed by atoms with E-state index in [-0.39, 0.29) is 0 Å². The van der Waals surface area contributed by atoms with Gasteiger partial charge in [-0.3, -0.25) is 0 Å². The van der Waals surface area contributed by atoms with E-state index in [1.807, 2.05) is 22.2 Å². The Kier molecular flexibility index (Phi) is 3.51. The van der Waals surface area contributed by atoms with Crippen LogP contribution >= 0.6 is 39.5 Å². The van der Waals surface area contributed by atoms with Crippen LogP contribution in [0.2, 0.25) is 0 Å². The van der Waals surface area contributed by atoms with Crippen molar-refractivity contribution in [3.8, 4) is 0 Å². The first-order valence-electron chi connectivity index (χ1n) is 5.78. The third-order valence-corrected chi connectivity index (χ3v) is 4.67. The smallest absolute Gasteiger partial charge is 0.179 e. The van der Waals surface area contributed by atoms with E-state index in [4.69, 9.17) is 12.2 Å². The van der Waals surface area contributed by atoms with Crippen LogP contribution in [0.1, 0.15) is 17.8 Å². The average molecular weight is 355 g/mol. The molecule has 0 bridgehead atoms. The molecule has 0 spiro atoms. The van der Waals surface area contributed by atoms with Gasteiger partial charge in [-0.25, -0.2) is 9.97 Å². The molecule has 0 radical (unpaired) electrons. The van der Waals surface area contributed by atoms with E-state index < -0.39 is 0 Å². The summed E-state index contributed by atoms with van der Waals surface area (Å²) in [6.07, 6.45) is 3.62. The highest BCUT2D eigenvalue weighted by atomic mass is 79.9. The fraction of sp³-hybridized carbons (Fsp3) is 0.250. The molecule has 3 rings (SSSR count). The number of imidazole rings is 1. The number of aromatic nitrogens is 4. The van der Waals surface area contributed by atoms with Crippen molar-refractivity contribution in [2.75, 3.05) is 0 Å². The van der Waals surface area contributed by atoms with Gasteiger partial charge in [-0.1, -0.05) is 6.92 Å². The topological polar surface area (TPSA) is 46.5 Å². The number of rotatable bonds is 3. The number of halogens is 1. The van der Waals surface area contributed by atoms with E-state index in [0.29, 0.717) is 10.7 Å². The van der Waals surface area contributed by atoms with Gasteiger partial charge in [0.15, 0.2) is 10.4 Å². The Morgan fingerprint density at radius 2 is 2.37 bits per heavy atom. The van der Waals surface area contributed by atoms with Crippen molar-refractivity contribution >= 4 is 50.6 Å². The molecule has 1 N–H and O–H groups in total. The molecule has 0 aliphatic carbocycles. The number of thiazole rings is 1. The molecule has 1 unspecified atom stereocenters. The summed E-state index contributed by atoms with van der Waals surface area (Å²) >= 11 is 10.5. The Hall–Kier alpha value is -1.05. The molecule has 0 aromatic carbocycles. The molecule has 98 valence electrons. The highest BCUT2D eigenvalue weighted by molar-refractivity contribution is 9.10. The molecular weight excluding hydrogens is 344 g/mol. The zero-order chi connectivity index (χ0) is 13.4. The van der Waals surface area contributed by atoms with Gasteiger partial charge < -0.3 is 9.55 Å². The van der Waals surface area contributed by atoms with Crippen LogP contribution in [0.4, 0.5) is 0 Å². The minimum absolute atomic E-state index is 0.316. The summed E-state index contributed by atoms with van der Waals surface area (Å²) in [6, 6.07) is 1.99. The van der Waals surface area contributed by atoms with Gasteiger partial charge in [0.2, 0.25) is 0 Å². The lowest BCUT2D eigenvalue weighted by Gasteiger charge is -2.09. The molecule has 0 amide bonds. The minimum atomic E-state index is 0.316. The first-order chi connectivity index (χ1) is 9.15. The second kappa shape index (κ2) is 5.15. The third-order valence-electron chi connectivity index (χ3n) is 2.91. The average Bonchev–Trinajstić information content (AvgIpc) is 2.98. The SMILES string of the molecule is CC(Cn1c(=S)[nH]c2cc(Br)cnc21)c1nccs1. The number of aromatic amines is 1. The molecule has 19 heavy (non-hydrogen) atoms. The normalized spacial score (nSPS) is 12.9. The molecule has 3 aromatic rings. The first-order valence-corrected chi connectivity index (χ1v) is 7.86. The van der Waals surface area contributed by atoms with Crippen molar-refractivity contribution in [2.45, 2.75) is 19.4 Å². The summed E-state index contributed by atoms with van der Waals surface area (Å²) in [4.78, 5) is 12.0. The maximum Gasteiger partial charge on any atom is 0.179 e. The Morgan fingerprint density at radius 1 is 1.53 bits per heavy atom. The fourth-order valence-corrected chi connectivity index (χ4v) is 3.31. The minimum Gasteiger partial charge on any atom is -0.329 e. The number of H-pyrrole nitrogens is 1. The van der Waals surface area contributed by atoms with Crippen molar-refractivity contribution in [1.82, 2.24) is 19.5 Å². The number of nitrogens with one attached hydrogen (secondary N) is 1. The van der Waals surface area contributed by atoms with Crippen molar-refractivity contribution in [3.05, 3.63) is 38.1 Å². The Bertz CT molecular complexity index is 760. The highest BCUT2D eigenvalue weighted by Crippen LogP contribution is 2.23. The van der Waals surface area contributed by atoms with Crippen LogP contribution in [0.5, 0.6) is 0 Å². The second-order valence-electron chi connectivity index (χ2n) is 4.34. The predicted octanol–water partition coefficient (Wildman–Crippen LogP) is 4.12. The maximum absolute atomic E-state index is 5.38. The molecule has 4 nitrogen and oxygen atoms in total. The van der Waals surface area contributed by atoms with Gasteiger partial charge in [-0.2, -0.15) is 0 Å². The van der Waals surface area contributed by atoms with Gasteiger partial charge in [0.1, 0.15) is 0 Å². The van der Waals surface area contributed by atoms with Crippen LogP contribution in [0.25, 0.3) is 11.2 Å². The molecule has 7 heteroatoms. The van der Waals surface area contributed by atoms with Crippen LogP contribution in [0, 0.1) is 4.77 Å². The van der Waals surface area contributed by atoms with Crippen molar-refractivity contribution in [1.29, 1.82) is 0 Å². The summed E-state index contributed by atoms with van der Waals surface area (Å²) in [5.41, 5.74) is 1.84. The Balaban J connectivity index is 2.01. The quantitative estimate of drug-likeness (QED) is 0.719. The molecule has 0 saturated heterocycles. The first kappa shape index (κ1) is 13.0. The molecule has 1 atom stereocenters. The molecule has 0 fully saturated rings. The van der Waals surface area contributed by atoms with E-state index >= 15 is 0 Å². The lowest BCUT2D eigenvalue weighted by molar-refractivity contribution is 0.598. The van der Waals surface area contributed by atoms with Crippen LogP contribution in [0.15, 0.2) is 28.3 Å². The highest BCUT2D eigenvalue weighted by Gasteiger charge is 2.13. The van der Waals surface area contributed by atoms with Crippen molar-refractivity contribution < 1.29 is 0 Å². The zero-order valence-corrected chi connectivity index (χ0v) is 13.3. The number of fused-ring (bicyclic) bond motifs is 1. The molecule has 0 saturated carbocycles. The molecule has 0 aliphatic rings. The van der Waals surface area contributed by atoms with Gasteiger partial charge in [-0.15, -0.1) is 11.3 Å². The number of hydrogen-bond donors (Lipinski definition) is 1. The number of nitrogens with zero attached hydrogens (tertiary/aromatic N) is 3. The van der Waals surface area contributed by atoms with Crippen molar-refractivity contribution in [3.63, 3.8) is 0 Å². The summed E-state index contributed by atoms with van der Waals surface area (Å²) in [7, 11) is 0. The largest absolute Gasteiger partial charge is 0.329 e. The Labute approximate surface area is 127 Å². The van der Waals surface area contributed by atoms with Gasteiger partial charge >= 0.3 is 0 Å². The predicted molar refractivity (Wildman–Crippen MR) is 83.1 cm³/mol. The second-order valence-corrected chi connectivity index (χ2v) is 6.57. The van der Waals surface area contributed by atoms with Gasteiger partial charge in [0.05, 0.1) is 10.5 Å². The van der Waals surface area contributed by atoms with Gasteiger partial charge in [0, 0.05) is 34.7 Å². The Morgan fingerprint density at radius 3 is 3.11 bits per heavy atom. The lowest BCUT2D eigenvalue weighted by Crippen LogP contribution is -2.06. The lowest BCUT2D eigenvalue weighted by atomic mass is 10.2. The van der Waals surface area contributed by atoms with E-state index in [0.717, 1.165) is 27.2 Å². The van der Waals surface area contributed by atoms with Crippen LogP contribution in [-0.2, 0) is 6.54 Å². The van der Waals surface area contributed by atoms with Gasteiger partial charge in [0.25, 0.3) is 0 Å². The summed E-state index contributed by atoms with van der Waals surface area (Å²) in [6.45, 7) is 2.93. The van der Waals surface area contributed by atoms with Crippen LogP contribution < -0.4 is 0 Å². The van der Waals surface area contributed by atoms with Crippen LogP contribution in [0.3, 0.4) is 0 Å². The number of pyridine rings is 1. The van der Waals surface area contributed by atoms with Crippen molar-refractivity contribution in [2.24, 2.45) is 0 Å². The molecule has 3 aromatic heterocycles. The summed E-state index contributed by atoms with van der Waals surface area (Å²) in [5.74, 6) is 0.316. The molecule has 0 aliphatic heterocycles. The van der Waals surface area contributed by atoms with Crippen LogP contribution in [-0.4, -0.2) is 19.5 Å².